The Balaban J connectivity index is 1.45. The largest absolute Gasteiger partial charge is 0.495 e. The summed E-state index contributed by atoms with van der Waals surface area (Å²) in [5.74, 6) is 0.714. The Morgan fingerprint density at radius 1 is 1.32 bits per heavy atom. The first-order valence-electron chi connectivity index (χ1n) is 8.84. The first kappa shape index (κ1) is 17.7. The summed E-state index contributed by atoms with van der Waals surface area (Å²) in [6.07, 6.45) is 1.54. The number of ether oxygens (including phenoxy) is 2. The predicted octanol–water partition coefficient (Wildman–Crippen LogP) is -0.460. The van der Waals surface area contributed by atoms with E-state index in [1.165, 1.54) is 4.90 Å². The second-order valence-corrected chi connectivity index (χ2v) is 6.50. The highest BCUT2D eigenvalue weighted by Crippen LogP contribution is 2.22. The molecule has 1 aromatic carbocycles. The lowest BCUT2D eigenvalue weighted by Gasteiger charge is -2.33. The third-order valence-corrected chi connectivity index (χ3v) is 4.78. The molecular formula is C18H26N3O4+. The molecule has 1 aromatic rings. The third kappa shape index (κ3) is 4.49. The number of nitrogens with zero attached hydrogens (tertiary/aromatic N) is 1. The summed E-state index contributed by atoms with van der Waals surface area (Å²) in [4.78, 5) is 27.7. The highest BCUT2D eigenvalue weighted by atomic mass is 16.5. The Hall–Kier alpha value is -2.12. The van der Waals surface area contributed by atoms with Crippen LogP contribution in [0.5, 0.6) is 5.75 Å². The topological polar surface area (TPSA) is 72.3 Å². The molecule has 25 heavy (non-hydrogen) atoms. The van der Waals surface area contributed by atoms with Gasteiger partial charge in [0, 0.05) is 6.61 Å². The van der Waals surface area contributed by atoms with Gasteiger partial charge >= 0.3 is 0 Å². The Kier molecular flexibility index (Phi) is 5.88. The van der Waals surface area contributed by atoms with E-state index in [9.17, 15) is 9.59 Å². The minimum Gasteiger partial charge on any atom is -0.495 e. The van der Waals surface area contributed by atoms with Crippen LogP contribution in [0.25, 0.3) is 0 Å². The van der Waals surface area contributed by atoms with Gasteiger partial charge in [-0.15, -0.1) is 0 Å². The summed E-state index contributed by atoms with van der Waals surface area (Å²) in [5, 5.41) is 2.90. The van der Waals surface area contributed by atoms with Crippen LogP contribution in [0.4, 0.5) is 5.69 Å². The zero-order valence-corrected chi connectivity index (χ0v) is 14.6. The molecule has 0 aromatic heterocycles. The smallest absolute Gasteiger partial charge is 0.279 e. The number of para-hydroxylation sites is 2. The molecule has 2 amide bonds. The molecule has 136 valence electrons. The lowest BCUT2D eigenvalue weighted by Crippen LogP contribution is -3.15. The fourth-order valence-corrected chi connectivity index (χ4v) is 3.37. The fourth-order valence-electron chi connectivity index (χ4n) is 3.37. The van der Waals surface area contributed by atoms with Crippen LogP contribution in [0.3, 0.4) is 0 Å². The molecular weight excluding hydrogens is 322 g/mol. The number of piperazine rings is 1. The van der Waals surface area contributed by atoms with E-state index in [1.807, 2.05) is 29.2 Å². The van der Waals surface area contributed by atoms with Gasteiger partial charge in [-0.3, -0.25) is 9.59 Å². The number of amides is 2. The zero-order valence-electron chi connectivity index (χ0n) is 14.6. The maximum atomic E-state index is 12.3. The van der Waals surface area contributed by atoms with Crippen LogP contribution in [0.1, 0.15) is 12.8 Å². The lowest BCUT2D eigenvalue weighted by atomic mass is 10.2. The van der Waals surface area contributed by atoms with E-state index in [2.05, 4.69) is 5.32 Å². The Morgan fingerprint density at radius 2 is 2.08 bits per heavy atom. The number of benzene rings is 1. The maximum Gasteiger partial charge on any atom is 0.279 e. The summed E-state index contributed by atoms with van der Waals surface area (Å²) in [7, 11) is 1.58. The van der Waals surface area contributed by atoms with E-state index < -0.39 is 0 Å². The van der Waals surface area contributed by atoms with E-state index in [1.54, 1.807) is 7.11 Å². The van der Waals surface area contributed by atoms with Crippen molar-refractivity contribution in [1.82, 2.24) is 4.90 Å². The van der Waals surface area contributed by atoms with Crippen LogP contribution >= 0.6 is 0 Å². The summed E-state index contributed by atoms with van der Waals surface area (Å²) < 4.78 is 10.7. The molecule has 2 aliphatic rings. The highest BCUT2D eigenvalue weighted by Gasteiger charge is 2.32. The van der Waals surface area contributed by atoms with Crippen molar-refractivity contribution < 1.29 is 24.0 Å². The molecule has 0 saturated carbocycles. The van der Waals surface area contributed by atoms with Gasteiger partial charge in [0.15, 0.2) is 6.54 Å². The molecule has 2 N–H and O–H groups in total. The van der Waals surface area contributed by atoms with Crippen molar-refractivity contribution in [3.63, 3.8) is 0 Å². The predicted molar refractivity (Wildman–Crippen MR) is 92.7 cm³/mol. The van der Waals surface area contributed by atoms with Crippen molar-refractivity contribution >= 4 is 17.5 Å². The normalized spacial score (nSPS) is 21.2. The molecule has 0 aliphatic carbocycles. The lowest BCUT2D eigenvalue weighted by molar-refractivity contribution is -0.895. The van der Waals surface area contributed by atoms with Gasteiger partial charge in [-0.1, -0.05) is 12.1 Å². The third-order valence-electron chi connectivity index (χ3n) is 4.78. The van der Waals surface area contributed by atoms with E-state index in [4.69, 9.17) is 9.47 Å². The highest BCUT2D eigenvalue weighted by molar-refractivity contribution is 5.92. The van der Waals surface area contributed by atoms with Crippen molar-refractivity contribution in [3.8, 4) is 5.75 Å². The minimum atomic E-state index is -0.254. The molecule has 2 fully saturated rings. The molecule has 7 heteroatoms. The average molecular weight is 348 g/mol. The number of methoxy groups -OCH3 is 1. The van der Waals surface area contributed by atoms with Crippen molar-refractivity contribution in [2.24, 2.45) is 0 Å². The second-order valence-electron chi connectivity index (χ2n) is 6.50. The van der Waals surface area contributed by atoms with Crippen molar-refractivity contribution in [1.29, 1.82) is 0 Å². The molecule has 0 unspecified atom stereocenters. The average Bonchev–Trinajstić information content (AvgIpc) is 3.17. The molecule has 2 aliphatic heterocycles. The molecule has 7 nitrogen and oxygen atoms in total. The number of carbonyl (C=O) groups excluding carboxylic acids is 2. The number of hydrogen-bond acceptors (Lipinski definition) is 4. The van der Waals surface area contributed by atoms with Crippen LogP contribution in [-0.2, 0) is 14.3 Å². The van der Waals surface area contributed by atoms with Gasteiger partial charge in [0.05, 0.1) is 39.0 Å². The quantitative estimate of drug-likeness (QED) is 0.755. The van der Waals surface area contributed by atoms with Crippen LogP contribution in [0, 0.1) is 0 Å². The van der Waals surface area contributed by atoms with E-state index in [-0.39, 0.29) is 17.9 Å². The van der Waals surface area contributed by atoms with E-state index in [0.29, 0.717) is 37.7 Å². The maximum absolute atomic E-state index is 12.3. The zero-order chi connectivity index (χ0) is 17.6. The van der Waals surface area contributed by atoms with Gasteiger partial charge in [0.1, 0.15) is 11.9 Å². The minimum absolute atomic E-state index is 0.0431. The number of hydrogen-bond donors (Lipinski definition) is 2. The first-order valence-corrected chi connectivity index (χ1v) is 8.84. The molecule has 0 radical (unpaired) electrons. The van der Waals surface area contributed by atoms with Crippen molar-refractivity contribution in [3.05, 3.63) is 24.3 Å². The van der Waals surface area contributed by atoms with Crippen LogP contribution in [0.15, 0.2) is 24.3 Å². The molecule has 2 saturated heterocycles. The van der Waals surface area contributed by atoms with Gasteiger partial charge in [-0.25, -0.2) is 0 Å². The van der Waals surface area contributed by atoms with Crippen molar-refractivity contribution in [2.45, 2.75) is 18.9 Å². The summed E-state index contributed by atoms with van der Waals surface area (Å²) >= 11 is 0. The monoisotopic (exact) mass is 348 g/mol. The summed E-state index contributed by atoms with van der Waals surface area (Å²) in [6, 6.07) is 7.37. The SMILES string of the molecule is COc1ccccc1NC(=O)C[NH+]1CCN(C(=O)[C@@H]2CCCO2)CC1. The van der Waals surface area contributed by atoms with Crippen molar-refractivity contribution in [2.75, 3.05) is 51.8 Å². The molecule has 2 heterocycles. The van der Waals surface area contributed by atoms with Crippen LogP contribution in [0.2, 0.25) is 0 Å². The van der Waals surface area contributed by atoms with Gasteiger partial charge in [0.2, 0.25) is 0 Å². The Morgan fingerprint density at radius 3 is 2.76 bits per heavy atom. The van der Waals surface area contributed by atoms with E-state index in [0.717, 1.165) is 25.9 Å². The standard InChI is InChI=1S/C18H25N3O4/c1-24-15-6-3-2-5-14(15)19-17(22)13-20-8-10-21(11-9-20)18(23)16-7-4-12-25-16/h2-3,5-6,16H,4,7-13H2,1H3,(H,19,22)/p+1/t16-/m0/s1. The van der Waals surface area contributed by atoms with Gasteiger partial charge in [-0.05, 0) is 25.0 Å². The number of quaternary nitrogens is 1. The molecule has 3 rings (SSSR count). The van der Waals surface area contributed by atoms with Gasteiger partial charge in [0.25, 0.3) is 11.8 Å². The number of nitrogens with one attached hydrogen (secondary N) is 2. The van der Waals surface area contributed by atoms with Crippen LogP contribution in [-0.4, -0.2) is 69.3 Å². The molecule has 0 spiro atoms. The fraction of sp³-hybridized carbons (Fsp3) is 0.556. The number of anilines is 1. The first-order chi connectivity index (χ1) is 12.2. The Bertz CT molecular complexity index is 608. The molecule has 0 bridgehead atoms. The van der Waals surface area contributed by atoms with Gasteiger partial charge < -0.3 is 24.6 Å². The number of rotatable bonds is 5. The molecule has 1 atom stereocenters. The summed E-state index contributed by atoms with van der Waals surface area (Å²) in [6.45, 7) is 3.98. The summed E-state index contributed by atoms with van der Waals surface area (Å²) in [5.41, 5.74) is 0.682. The van der Waals surface area contributed by atoms with E-state index >= 15 is 0 Å². The van der Waals surface area contributed by atoms with Crippen LogP contribution < -0.4 is 15.0 Å². The number of carbonyl (C=O) groups is 2. The Labute approximate surface area is 147 Å². The second kappa shape index (κ2) is 8.31. The van der Waals surface area contributed by atoms with Gasteiger partial charge in [-0.2, -0.15) is 0 Å².